The van der Waals surface area contributed by atoms with Gasteiger partial charge in [0.15, 0.2) is 0 Å². The number of carboxylic acids is 1. The van der Waals surface area contributed by atoms with Crippen LogP contribution >= 0.6 is 11.8 Å². The lowest BCUT2D eigenvalue weighted by Crippen LogP contribution is -2.36. The Morgan fingerprint density at radius 2 is 1.96 bits per heavy atom. The second-order valence-electron chi connectivity index (χ2n) is 6.52. The summed E-state index contributed by atoms with van der Waals surface area (Å²) in [6, 6.07) is 9.93. The van der Waals surface area contributed by atoms with Gasteiger partial charge in [-0.25, -0.2) is 0 Å². The number of carbonyl (C=O) groups excluding carboxylic acids is 1. The van der Waals surface area contributed by atoms with Gasteiger partial charge >= 0.3 is 5.97 Å². The van der Waals surface area contributed by atoms with Crippen molar-refractivity contribution >= 4 is 23.6 Å². The fourth-order valence-corrected chi connectivity index (χ4v) is 4.51. The van der Waals surface area contributed by atoms with E-state index in [0.29, 0.717) is 19.0 Å². The Kier molecular flexibility index (Phi) is 4.95. The van der Waals surface area contributed by atoms with Crippen LogP contribution in [0.2, 0.25) is 0 Å². The zero-order valence-electron chi connectivity index (χ0n) is 13.4. The molecule has 1 heterocycles. The molecule has 1 saturated heterocycles. The van der Waals surface area contributed by atoms with Gasteiger partial charge < -0.3 is 10.0 Å². The summed E-state index contributed by atoms with van der Waals surface area (Å²) in [6.07, 6.45) is 2.99. The summed E-state index contributed by atoms with van der Waals surface area (Å²) < 4.78 is 0. The van der Waals surface area contributed by atoms with Crippen LogP contribution in [0.3, 0.4) is 0 Å². The third-order valence-electron chi connectivity index (χ3n) is 4.89. The third kappa shape index (κ3) is 3.71. The molecule has 1 amide bonds. The molecule has 0 bridgehead atoms. The van der Waals surface area contributed by atoms with Crippen molar-refractivity contribution in [1.82, 2.24) is 4.90 Å². The molecule has 1 aromatic rings. The van der Waals surface area contributed by atoms with Gasteiger partial charge in [-0.1, -0.05) is 25.1 Å². The second-order valence-corrected chi connectivity index (χ2v) is 7.79. The number of hydrogen-bond acceptors (Lipinski definition) is 3. The average molecular weight is 333 g/mol. The molecule has 0 spiro atoms. The highest BCUT2D eigenvalue weighted by atomic mass is 32.2. The Morgan fingerprint density at radius 1 is 1.26 bits per heavy atom. The van der Waals surface area contributed by atoms with Crippen molar-refractivity contribution in [3.63, 3.8) is 0 Å². The summed E-state index contributed by atoms with van der Waals surface area (Å²) >= 11 is 1.58. The summed E-state index contributed by atoms with van der Waals surface area (Å²) in [4.78, 5) is 27.2. The molecule has 1 unspecified atom stereocenters. The van der Waals surface area contributed by atoms with E-state index in [1.807, 2.05) is 37.3 Å². The molecule has 2 aliphatic rings. The van der Waals surface area contributed by atoms with Crippen LogP contribution in [0.15, 0.2) is 35.2 Å². The van der Waals surface area contributed by atoms with Crippen LogP contribution in [0, 0.1) is 17.8 Å². The topological polar surface area (TPSA) is 57.6 Å². The molecule has 4 nitrogen and oxygen atoms in total. The molecular weight excluding hydrogens is 310 g/mol. The van der Waals surface area contributed by atoms with E-state index >= 15 is 0 Å². The number of hydrogen-bond donors (Lipinski definition) is 1. The van der Waals surface area contributed by atoms with Crippen LogP contribution in [-0.2, 0) is 9.59 Å². The predicted octanol–water partition coefficient (Wildman–Crippen LogP) is 3.13. The van der Waals surface area contributed by atoms with Gasteiger partial charge in [0.1, 0.15) is 0 Å². The van der Waals surface area contributed by atoms with Gasteiger partial charge in [0.25, 0.3) is 0 Å². The van der Waals surface area contributed by atoms with Crippen molar-refractivity contribution in [2.24, 2.45) is 17.8 Å². The number of benzene rings is 1. The molecule has 3 atom stereocenters. The zero-order chi connectivity index (χ0) is 16.4. The summed E-state index contributed by atoms with van der Waals surface area (Å²) in [5, 5.41) is 9.31. The van der Waals surface area contributed by atoms with Gasteiger partial charge in [-0.3, -0.25) is 9.59 Å². The first-order chi connectivity index (χ1) is 11.1. The zero-order valence-corrected chi connectivity index (χ0v) is 14.2. The molecular formula is C18H23NO3S. The number of thioether (sulfide) groups is 1. The quantitative estimate of drug-likeness (QED) is 0.813. The van der Waals surface area contributed by atoms with Crippen molar-refractivity contribution in [1.29, 1.82) is 0 Å². The SMILES string of the molecule is CCC(Sc1ccccc1)C(=O)N1C[C@H](C(=O)O)[C@@H](C2CC2)C1. The highest BCUT2D eigenvalue weighted by molar-refractivity contribution is 8.00. The number of nitrogens with zero attached hydrogens (tertiary/aromatic N) is 1. The van der Waals surface area contributed by atoms with Gasteiger partial charge in [0.05, 0.1) is 11.2 Å². The average Bonchev–Trinajstić information content (AvgIpc) is 3.31. The van der Waals surface area contributed by atoms with Gasteiger partial charge in [0, 0.05) is 18.0 Å². The number of likely N-dealkylation sites (tertiary alicyclic amines) is 1. The summed E-state index contributed by atoms with van der Waals surface area (Å²) in [7, 11) is 0. The van der Waals surface area contributed by atoms with Crippen LogP contribution in [0.4, 0.5) is 0 Å². The van der Waals surface area contributed by atoms with E-state index in [9.17, 15) is 14.7 Å². The molecule has 1 N–H and O–H groups in total. The Hall–Kier alpha value is -1.49. The summed E-state index contributed by atoms with van der Waals surface area (Å²) in [5.41, 5.74) is 0. The molecule has 124 valence electrons. The van der Waals surface area contributed by atoms with Gasteiger partial charge in [-0.15, -0.1) is 11.8 Å². The monoisotopic (exact) mass is 333 g/mol. The van der Waals surface area contributed by atoms with E-state index in [1.54, 1.807) is 16.7 Å². The van der Waals surface area contributed by atoms with E-state index in [4.69, 9.17) is 0 Å². The first kappa shape index (κ1) is 16.4. The lowest BCUT2D eigenvalue weighted by Gasteiger charge is -2.22. The van der Waals surface area contributed by atoms with Crippen LogP contribution in [0.1, 0.15) is 26.2 Å². The van der Waals surface area contributed by atoms with Crippen LogP contribution in [0.25, 0.3) is 0 Å². The van der Waals surface area contributed by atoms with Crippen molar-refractivity contribution in [3.05, 3.63) is 30.3 Å². The Bertz CT molecular complexity index is 573. The number of amides is 1. The molecule has 5 heteroatoms. The van der Waals surface area contributed by atoms with Crippen LogP contribution in [-0.4, -0.2) is 40.2 Å². The maximum Gasteiger partial charge on any atom is 0.308 e. The molecule has 0 aromatic heterocycles. The highest BCUT2D eigenvalue weighted by Crippen LogP contribution is 2.44. The molecule has 3 rings (SSSR count). The van der Waals surface area contributed by atoms with Crippen LogP contribution in [0.5, 0.6) is 0 Å². The van der Waals surface area contributed by atoms with Crippen molar-refractivity contribution in [2.75, 3.05) is 13.1 Å². The minimum Gasteiger partial charge on any atom is -0.481 e. The molecule has 1 aliphatic heterocycles. The predicted molar refractivity (Wildman–Crippen MR) is 90.3 cm³/mol. The summed E-state index contributed by atoms with van der Waals surface area (Å²) in [5.74, 6) is -0.381. The van der Waals surface area contributed by atoms with Gasteiger partial charge in [0.2, 0.25) is 5.91 Å². The van der Waals surface area contributed by atoms with Crippen molar-refractivity contribution in [3.8, 4) is 0 Å². The van der Waals surface area contributed by atoms with E-state index in [0.717, 1.165) is 24.2 Å². The van der Waals surface area contributed by atoms with Crippen LogP contribution < -0.4 is 0 Å². The van der Waals surface area contributed by atoms with Gasteiger partial charge in [-0.2, -0.15) is 0 Å². The van der Waals surface area contributed by atoms with Gasteiger partial charge in [-0.05, 0) is 43.2 Å². The Labute approximate surface area is 141 Å². The molecule has 23 heavy (non-hydrogen) atoms. The van der Waals surface area contributed by atoms with Crippen molar-refractivity contribution in [2.45, 2.75) is 36.3 Å². The fraction of sp³-hybridized carbons (Fsp3) is 0.556. The summed E-state index contributed by atoms with van der Waals surface area (Å²) in [6.45, 7) is 3.01. The normalized spacial score (nSPS) is 25.3. The second kappa shape index (κ2) is 6.95. The number of carbonyl (C=O) groups is 2. The number of aliphatic carboxylic acids is 1. The Balaban J connectivity index is 1.67. The first-order valence-electron chi connectivity index (χ1n) is 8.33. The maximum absolute atomic E-state index is 12.8. The molecule has 1 saturated carbocycles. The molecule has 0 radical (unpaired) electrons. The van der Waals surface area contributed by atoms with Crippen molar-refractivity contribution < 1.29 is 14.7 Å². The largest absolute Gasteiger partial charge is 0.481 e. The van der Waals surface area contributed by atoms with E-state index in [-0.39, 0.29) is 23.0 Å². The smallest absolute Gasteiger partial charge is 0.308 e. The van der Waals surface area contributed by atoms with E-state index < -0.39 is 5.97 Å². The standard InChI is InChI=1S/C18H23NO3S/c1-2-16(23-13-6-4-3-5-7-13)17(20)19-10-14(12-8-9-12)15(11-19)18(21)22/h3-7,12,14-16H,2,8-11H2,1H3,(H,21,22)/t14-,15+,16?/m1/s1. The molecule has 1 aromatic carbocycles. The number of rotatable bonds is 6. The van der Waals surface area contributed by atoms with E-state index in [2.05, 4.69) is 0 Å². The fourth-order valence-electron chi connectivity index (χ4n) is 3.45. The first-order valence-corrected chi connectivity index (χ1v) is 9.21. The highest BCUT2D eigenvalue weighted by Gasteiger charge is 2.47. The van der Waals surface area contributed by atoms with E-state index in [1.165, 1.54) is 0 Å². The third-order valence-corrected chi connectivity index (χ3v) is 6.25. The minimum absolute atomic E-state index is 0.0933. The molecule has 1 aliphatic carbocycles. The number of carboxylic acid groups (broad SMARTS) is 1. The maximum atomic E-state index is 12.8. The lowest BCUT2D eigenvalue weighted by molar-refractivity contribution is -0.142. The Morgan fingerprint density at radius 3 is 2.52 bits per heavy atom. The molecule has 2 fully saturated rings. The minimum atomic E-state index is -0.749. The lowest BCUT2D eigenvalue weighted by atomic mass is 9.92.